The molecule has 1 N–H and O–H groups in total. The molecule has 0 unspecified atom stereocenters. The molecule has 0 radical (unpaired) electrons. The Morgan fingerprint density at radius 3 is 2.37 bits per heavy atom. The SMILES string of the molecule is O=S(=O)(Nc1ccc(Cl)cn1)c1cnc(Cl)c(Cl)c1. The normalized spacial score (nSPS) is 11.3. The molecule has 9 heteroatoms. The van der Waals surface area contributed by atoms with Gasteiger partial charge in [0.15, 0.2) is 0 Å². The highest BCUT2D eigenvalue weighted by molar-refractivity contribution is 7.92. The predicted molar refractivity (Wildman–Crippen MR) is 74.3 cm³/mol. The van der Waals surface area contributed by atoms with Crippen LogP contribution in [0.5, 0.6) is 0 Å². The first-order valence-electron chi connectivity index (χ1n) is 4.84. The van der Waals surface area contributed by atoms with Crippen LogP contribution in [0.1, 0.15) is 0 Å². The largest absolute Gasteiger partial charge is 0.264 e. The van der Waals surface area contributed by atoms with E-state index in [9.17, 15) is 8.42 Å². The zero-order valence-corrected chi connectivity index (χ0v) is 12.2. The minimum Gasteiger partial charge on any atom is -0.263 e. The van der Waals surface area contributed by atoms with E-state index in [-0.39, 0.29) is 20.9 Å². The second kappa shape index (κ2) is 5.50. The number of rotatable bonds is 3. The van der Waals surface area contributed by atoms with Crippen molar-refractivity contribution in [2.45, 2.75) is 4.90 Å². The lowest BCUT2D eigenvalue weighted by Gasteiger charge is -2.07. The van der Waals surface area contributed by atoms with Gasteiger partial charge in [-0.15, -0.1) is 0 Å². The third kappa shape index (κ3) is 3.48. The highest BCUT2D eigenvalue weighted by Crippen LogP contribution is 2.23. The summed E-state index contributed by atoms with van der Waals surface area (Å²) in [7, 11) is -3.83. The Morgan fingerprint density at radius 2 is 1.79 bits per heavy atom. The maximum absolute atomic E-state index is 12.0. The van der Waals surface area contributed by atoms with E-state index in [0.29, 0.717) is 5.02 Å². The third-order valence-electron chi connectivity index (χ3n) is 2.05. The minimum absolute atomic E-state index is 0.0326. The summed E-state index contributed by atoms with van der Waals surface area (Å²) < 4.78 is 26.3. The summed E-state index contributed by atoms with van der Waals surface area (Å²) in [6.07, 6.45) is 2.43. The molecule has 0 fully saturated rings. The lowest BCUT2D eigenvalue weighted by molar-refractivity contribution is 0.600. The molecule has 0 aliphatic rings. The molecule has 0 saturated carbocycles. The first-order valence-corrected chi connectivity index (χ1v) is 7.45. The Bertz CT molecular complexity index is 704. The molecule has 0 bridgehead atoms. The molecule has 2 rings (SSSR count). The lowest BCUT2D eigenvalue weighted by Crippen LogP contribution is -2.14. The highest BCUT2D eigenvalue weighted by atomic mass is 35.5. The van der Waals surface area contributed by atoms with Crippen LogP contribution >= 0.6 is 34.8 Å². The fourth-order valence-electron chi connectivity index (χ4n) is 1.18. The van der Waals surface area contributed by atoms with Crippen LogP contribution in [-0.2, 0) is 10.0 Å². The van der Waals surface area contributed by atoms with Gasteiger partial charge >= 0.3 is 0 Å². The molecule has 5 nitrogen and oxygen atoms in total. The van der Waals surface area contributed by atoms with Crippen molar-refractivity contribution in [1.82, 2.24) is 9.97 Å². The zero-order valence-electron chi connectivity index (χ0n) is 9.14. The van der Waals surface area contributed by atoms with Crippen LogP contribution in [0.4, 0.5) is 5.82 Å². The summed E-state index contributed by atoms with van der Waals surface area (Å²) in [6, 6.07) is 4.15. The van der Waals surface area contributed by atoms with Crippen LogP contribution in [0.25, 0.3) is 0 Å². The number of hydrogen-bond donors (Lipinski definition) is 1. The van der Waals surface area contributed by atoms with Crippen molar-refractivity contribution < 1.29 is 8.42 Å². The Hall–Kier alpha value is -1.08. The predicted octanol–water partition coefficient (Wildman–Crippen LogP) is 3.24. The lowest BCUT2D eigenvalue weighted by atomic mass is 10.5. The molecule has 100 valence electrons. The molecular weight excluding hydrogens is 333 g/mol. The molecule has 2 heterocycles. The van der Waals surface area contributed by atoms with Crippen molar-refractivity contribution in [3.63, 3.8) is 0 Å². The number of hydrogen-bond acceptors (Lipinski definition) is 4. The van der Waals surface area contributed by atoms with Gasteiger partial charge < -0.3 is 0 Å². The number of halogens is 3. The Labute approximate surface area is 124 Å². The molecule has 2 aromatic heterocycles. The van der Waals surface area contributed by atoms with E-state index in [2.05, 4.69) is 14.7 Å². The van der Waals surface area contributed by atoms with Gasteiger partial charge in [0, 0.05) is 12.4 Å². The summed E-state index contributed by atoms with van der Waals surface area (Å²) in [4.78, 5) is 7.39. The van der Waals surface area contributed by atoms with E-state index in [1.165, 1.54) is 24.4 Å². The summed E-state index contributed by atoms with van der Waals surface area (Å²) in [6.45, 7) is 0. The van der Waals surface area contributed by atoms with Crippen molar-refractivity contribution in [2.75, 3.05) is 4.72 Å². The molecule has 0 saturated heterocycles. The quantitative estimate of drug-likeness (QED) is 0.872. The minimum atomic E-state index is -3.83. The number of nitrogens with zero attached hydrogens (tertiary/aromatic N) is 2. The van der Waals surface area contributed by atoms with Crippen molar-refractivity contribution in [3.05, 3.63) is 45.8 Å². The van der Waals surface area contributed by atoms with Gasteiger partial charge in [0.25, 0.3) is 10.0 Å². The number of nitrogens with one attached hydrogen (secondary N) is 1. The van der Waals surface area contributed by atoms with E-state index < -0.39 is 10.0 Å². The maximum Gasteiger partial charge on any atom is 0.264 e. The Balaban J connectivity index is 2.32. The van der Waals surface area contributed by atoms with Gasteiger partial charge in [-0.2, -0.15) is 0 Å². The van der Waals surface area contributed by atoms with Gasteiger partial charge in [-0.25, -0.2) is 18.4 Å². The zero-order chi connectivity index (χ0) is 14.0. The van der Waals surface area contributed by atoms with Gasteiger partial charge in [0.05, 0.1) is 10.0 Å². The smallest absolute Gasteiger partial charge is 0.263 e. The van der Waals surface area contributed by atoms with Crippen LogP contribution in [0, 0.1) is 0 Å². The van der Waals surface area contributed by atoms with Crippen molar-refractivity contribution >= 4 is 50.6 Å². The van der Waals surface area contributed by atoms with E-state index in [4.69, 9.17) is 34.8 Å². The van der Waals surface area contributed by atoms with E-state index in [1.54, 1.807) is 0 Å². The number of anilines is 1. The molecule has 0 aliphatic heterocycles. The molecule has 19 heavy (non-hydrogen) atoms. The van der Waals surface area contributed by atoms with Crippen LogP contribution < -0.4 is 4.72 Å². The maximum atomic E-state index is 12.0. The average molecular weight is 339 g/mol. The standard InChI is InChI=1S/C10H6Cl3N3O2S/c11-6-1-2-9(14-4-6)16-19(17,18)7-3-8(12)10(13)15-5-7/h1-5H,(H,14,16). The first-order chi connectivity index (χ1) is 8.88. The molecule has 0 amide bonds. The van der Waals surface area contributed by atoms with E-state index in [0.717, 1.165) is 6.20 Å². The summed E-state index contributed by atoms with van der Waals surface area (Å²) in [5.74, 6) is 0.135. The average Bonchev–Trinajstić information content (AvgIpc) is 2.35. The Kier molecular flexibility index (Phi) is 4.15. The topological polar surface area (TPSA) is 72.0 Å². The van der Waals surface area contributed by atoms with Crippen molar-refractivity contribution in [3.8, 4) is 0 Å². The molecular formula is C10H6Cl3N3O2S. The monoisotopic (exact) mass is 337 g/mol. The molecule has 2 aromatic rings. The fourth-order valence-corrected chi connectivity index (χ4v) is 2.61. The van der Waals surface area contributed by atoms with Gasteiger partial charge in [-0.05, 0) is 18.2 Å². The van der Waals surface area contributed by atoms with Gasteiger partial charge in [0.1, 0.15) is 15.9 Å². The van der Waals surface area contributed by atoms with Crippen LogP contribution in [0.2, 0.25) is 15.2 Å². The highest BCUT2D eigenvalue weighted by Gasteiger charge is 2.17. The molecule has 0 aliphatic carbocycles. The number of sulfonamides is 1. The van der Waals surface area contributed by atoms with E-state index in [1.807, 2.05) is 0 Å². The third-order valence-corrected chi connectivity index (χ3v) is 4.28. The number of pyridine rings is 2. The molecule has 0 aromatic carbocycles. The molecule has 0 atom stereocenters. The van der Waals surface area contributed by atoms with E-state index >= 15 is 0 Å². The summed E-state index contributed by atoms with van der Waals surface area (Å²) in [5.41, 5.74) is 0. The van der Waals surface area contributed by atoms with Gasteiger partial charge in [0.2, 0.25) is 0 Å². The fraction of sp³-hybridized carbons (Fsp3) is 0. The van der Waals surface area contributed by atoms with Crippen molar-refractivity contribution in [2.24, 2.45) is 0 Å². The van der Waals surface area contributed by atoms with Crippen LogP contribution in [0.15, 0.2) is 35.5 Å². The second-order valence-electron chi connectivity index (χ2n) is 3.41. The van der Waals surface area contributed by atoms with Gasteiger partial charge in [-0.3, -0.25) is 4.72 Å². The first kappa shape index (κ1) is 14.3. The second-order valence-corrected chi connectivity index (χ2v) is 6.29. The Morgan fingerprint density at radius 1 is 1.05 bits per heavy atom. The number of aromatic nitrogens is 2. The van der Waals surface area contributed by atoms with Crippen LogP contribution in [-0.4, -0.2) is 18.4 Å². The summed E-state index contributed by atoms with van der Waals surface area (Å²) in [5, 5.41) is 0.484. The summed E-state index contributed by atoms with van der Waals surface area (Å²) >= 11 is 17.0. The molecule has 0 spiro atoms. The van der Waals surface area contributed by atoms with Crippen molar-refractivity contribution in [1.29, 1.82) is 0 Å². The van der Waals surface area contributed by atoms with Crippen LogP contribution in [0.3, 0.4) is 0 Å². The van der Waals surface area contributed by atoms with Gasteiger partial charge in [-0.1, -0.05) is 34.8 Å².